The summed E-state index contributed by atoms with van der Waals surface area (Å²) in [7, 11) is 0. The van der Waals surface area contributed by atoms with Gasteiger partial charge in [-0.2, -0.15) is 4.86 Å². The molecule has 2 aliphatic heterocycles. The topological polar surface area (TPSA) is 62.8 Å². The standard InChI is InChI=1S/C5H4N4O/c10-9-5-1-2-6-3-4(5)7-8-9/h1-2,5,7H. The van der Waals surface area contributed by atoms with Crippen LogP contribution in [0.4, 0.5) is 0 Å². The van der Waals surface area contributed by atoms with Crippen molar-refractivity contribution in [1.82, 2.24) is 5.43 Å². The number of hydrogen-bond donors (Lipinski definition) is 1. The van der Waals surface area contributed by atoms with Crippen molar-refractivity contribution >= 4 is 5.87 Å². The molecule has 1 atom stereocenters. The predicted octanol–water partition coefficient (Wildman–Crippen LogP) is -0.0834. The largest absolute Gasteiger partial charge is 0.695 e. The van der Waals surface area contributed by atoms with E-state index in [1.807, 2.05) is 0 Å². The van der Waals surface area contributed by atoms with Gasteiger partial charge < -0.3 is 5.21 Å². The first-order valence-corrected chi connectivity index (χ1v) is 2.80. The third-order valence-corrected chi connectivity index (χ3v) is 1.33. The molecule has 5 nitrogen and oxygen atoms in total. The lowest BCUT2D eigenvalue weighted by Crippen LogP contribution is -2.18. The normalized spacial score (nSPS) is 27.0. The maximum atomic E-state index is 10.7. The Bertz CT molecular complexity index is 284. The second-order valence-electron chi connectivity index (χ2n) is 1.96. The van der Waals surface area contributed by atoms with Crippen LogP contribution < -0.4 is 5.43 Å². The van der Waals surface area contributed by atoms with Crippen molar-refractivity contribution in [1.29, 1.82) is 0 Å². The number of fused-ring (bicyclic) bond motifs is 1. The van der Waals surface area contributed by atoms with Crippen molar-refractivity contribution in [2.75, 3.05) is 0 Å². The van der Waals surface area contributed by atoms with Gasteiger partial charge in [-0.1, -0.05) is 0 Å². The van der Waals surface area contributed by atoms with Crippen molar-refractivity contribution in [3.63, 3.8) is 0 Å². The second-order valence-corrected chi connectivity index (χ2v) is 1.96. The summed E-state index contributed by atoms with van der Waals surface area (Å²) in [6.45, 7) is 0. The smallest absolute Gasteiger partial charge is 0.235 e. The van der Waals surface area contributed by atoms with Crippen LogP contribution in [-0.2, 0) is 0 Å². The van der Waals surface area contributed by atoms with Gasteiger partial charge in [-0.15, -0.1) is 5.43 Å². The van der Waals surface area contributed by atoms with Crippen LogP contribution >= 0.6 is 0 Å². The SMILES string of the molecule is [O-][N+]1=NNC2=C=NC=CC21. The Morgan fingerprint density at radius 2 is 2.70 bits per heavy atom. The van der Waals surface area contributed by atoms with E-state index >= 15 is 0 Å². The minimum absolute atomic E-state index is 0.336. The molecular weight excluding hydrogens is 132 g/mol. The van der Waals surface area contributed by atoms with E-state index in [0.717, 1.165) is 0 Å². The zero-order valence-electron chi connectivity index (χ0n) is 4.98. The zero-order chi connectivity index (χ0) is 6.97. The molecule has 10 heavy (non-hydrogen) atoms. The number of nitrogens with one attached hydrogen (secondary N) is 1. The van der Waals surface area contributed by atoms with E-state index in [2.05, 4.69) is 21.5 Å². The highest BCUT2D eigenvalue weighted by atomic mass is 16.5. The van der Waals surface area contributed by atoms with Gasteiger partial charge in [0.05, 0.1) is 5.22 Å². The molecule has 0 spiro atoms. The molecule has 0 bridgehead atoms. The first kappa shape index (κ1) is 5.20. The molecule has 0 aliphatic carbocycles. The number of hydrogen-bond acceptors (Lipinski definition) is 4. The maximum absolute atomic E-state index is 10.7. The Morgan fingerprint density at radius 1 is 1.80 bits per heavy atom. The van der Waals surface area contributed by atoms with Crippen LogP contribution in [0.5, 0.6) is 0 Å². The van der Waals surface area contributed by atoms with Gasteiger partial charge in [0.1, 0.15) is 0 Å². The van der Waals surface area contributed by atoms with E-state index in [-0.39, 0.29) is 6.04 Å². The molecule has 5 heteroatoms. The Labute approximate surface area is 56.6 Å². The van der Waals surface area contributed by atoms with Gasteiger partial charge in [-0.25, -0.2) is 4.99 Å². The summed E-state index contributed by atoms with van der Waals surface area (Å²) in [5.74, 6) is 2.62. The number of aliphatic imine (C=N–C) groups is 1. The predicted molar refractivity (Wildman–Crippen MR) is 33.1 cm³/mol. The molecule has 2 heterocycles. The molecule has 0 saturated heterocycles. The summed E-state index contributed by atoms with van der Waals surface area (Å²) in [6, 6.07) is -0.336. The van der Waals surface area contributed by atoms with Crippen molar-refractivity contribution in [2.45, 2.75) is 6.04 Å². The van der Waals surface area contributed by atoms with Crippen LogP contribution in [0.25, 0.3) is 0 Å². The van der Waals surface area contributed by atoms with Crippen LogP contribution in [0.3, 0.4) is 0 Å². The van der Waals surface area contributed by atoms with Gasteiger partial charge in [0.2, 0.25) is 11.7 Å². The second kappa shape index (κ2) is 1.68. The highest BCUT2D eigenvalue weighted by molar-refractivity contribution is 5.61. The van der Waals surface area contributed by atoms with Crippen molar-refractivity contribution in [3.05, 3.63) is 23.2 Å². The van der Waals surface area contributed by atoms with Crippen LogP contribution in [0.15, 0.2) is 28.2 Å². The Hall–Kier alpha value is -1.61. The lowest BCUT2D eigenvalue weighted by Gasteiger charge is -2.04. The zero-order valence-corrected chi connectivity index (χ0v) is 4.98. The fourth-order valence-corrected chi connectivity index (χ4v) is 0.834. The maximum Gasteiger partial charge on any atom is 0.235 e. The van der Waals surface area contributed by atoms with E-state index in [1.54, 1.807) is 6.08 Å². The highest BCUT2D eigenvalue weighted by Crippen LogP contribution is 2.10. The quantitative estimate of drug-likeness (QED) is 0.374. The summed E-state index contributed by atoms with van der Waals surface area (Å²) in [4.78, 5) is 4.28. The van der Waals surface area contributed by atoms with E-state index in [4.69, 9.17) is 0 Å². The molecule has 0 fully saturated rings. The van der Waals surface area contributed by atoms with Crippen molar-refractivity contribution in [3.8, 4) is 0 Å². The average molecular weight is 136 g/mol. The van der Waals surface area contributed by atoms with Gasteiger partial charge in [0.15, 0.2) is 0 Å². The monoisotopic (exact) mass is 136 g/mol. The summed E-state index contributed by atoms with van der Waals surface area (Å²) < 4.78 is 0. The van der Waals surface area contributed by atoms with Crippen LogP contribution in [0, 0.1) is 5.21 Å². The lowest BCUT2D eigenvalue weighted by atomic mass is 10.2. The molecule has 0 amide bonds. The molecular formula is C5H4N4O. The molecule has 2 rings (SSSR count). The minimum Gasteiger partial charge on any atom is -0.695 e. The summed E-state index contributed by atoms with van der Waals surface area (Å²) in [5, 5.41) is 14.1. The molecule has 50 valence electrons. The molecule has 1 unspecified atom stereocenters. The van der Waals surface area contributed by atoms with Crippen LogP contribution in [0.1, 0.15) is 0 Å². The van der Waals surface area contributed by atoms with Crippen molar-refractivity contribution in [2.24, 2.45) is 10.2 Å². The molecule has 1 N–H and O–H groups in total. The Morgan fingerprint density at radius 3 is 3.50 bits per heavy atom. The molecule has 2 aliphatic rings. The van der Waals surface area contributed by atoms with E-state index in [1.165, 1.54) is 6.20 Å². The van der Waals surface area contributed by atoms with E-state index in [9.17, 15) is 5.21 Å². The van der Waals surface area contributed by atoms with Gasteiger partial charge >= 0.3 is 0 Å². The average Bonchev–Trinajstić information content (AvgIpc) is 2.34. The summed E-state index contributed by atoms with van der Waals surface area (Å²) >= 11 is 0. The minimum atomic E-state index is -0.336. The van der Waals surface area contributed by atoms with Gasteiger partial charge in [-0.05, 0) is 6.08 Å². The molecule has 0 aromatic carbocycles. The fourth-order valence-electron chi connectivity index (χ4n) is 0.834. The van der Waals surface area contributed by atoms with Crippen molar-refractivity contribution < 1.29 is 4.86 Å². The van der Waals surface area contributed by atoms with Gasteiger partial charge in [-0.3, -0.25) is 0 Å². The molecule has 0 radical (unpaired) electrons. The Balaban J connectivity index is 2.46. The number of rotatable bonds is 0. The first-order chi connectivity index (χ1) is 4.88. The third kappa shape index (κ3) is 0.549. The summed E-state index contributed by atoms with van der Waals surface area (Å²) in [5.41, 5.74) is 3.12. The van der Waals surface area contributed by atoms with Gasteiger partial charge in [0, 0.05) is 12.1 Å². The molecule has 0 aromatic rings. The van der Waals surface area contributed by atoms with E-state index in [0.29, 0.717) is 10.6 Å². The summed E-state index contributed by atoms with van der Waals surface area (Å²) in [6.07, 6.45) is 3.18. The highest BCUT2D eigenvalue weighted by Gasteiger charge is 2.27. The van der Waals surface area contributed by atoms with Crippen LogP contribution in [0.2, 0.25) is 0 Å². The molecule has 0 aromatic heterocycles. The number of hydroxylamine groups is 1. The lowest BCUT2D eigenvalue weighted by molar-refractivity contribution is -0.537. The third-order valence-electron chi connectivity index (χ3n) is 1.33. The van der Waals surface area contributed by atoms with Gasteiger partial charge in [0.25, 0.3) is 0 Å². The fraction of sp³-hybridized carbons (Fsp3) is 0.200. The molecule has 0 saturated carbocycles. The Kier molecular flexibility index (Phi) is 0.875. The number of nitrogens with zero attached hydrogens (tertiary/aromatic N) is 3. The first-order valence-electron chi connectivity index (χ1n) is 2.80. The van der Waals surface area contributed by atoms with E-state index < -0.39 is 0 Å². The van der Waals surface area contributed by atoms with Crippen LogP contribution in [-0.4, -0.2) is 16.8 Å².